The van der Waals surface area contributed by atoms with Crippen molar-refractivity contribution in [3.8, 4) is 0 Å². The lowest BCUT2D eigenvalue weighted by Gasteiger charge is -2.15. The zero-order valence-electron chi connectivity index (χ0n) is 9.17. The number of cyclic esters (lactones) is 1. The van der Waals surface area contributed by atoms with E-state index in [2.05, 4.69) is 11.9 Å². The minimum Gasteiger partial charge on any atom is -0.441 e. The molecule has 17 heavy (non-hydrogen) atoms. The van der Waals surface area contributed by atoms with Gasteiger partial charge in [-0.2, -0.15) is 0 Å². The van der Waals surface area contributed by atoms with Gasteiger partial charge in [0.25, 0.3) is 0 Å². The van der Waals surface area contributed by atoms with Crippen molar-refractivity contribution in [2.45, 2.75) is 18.7 Å². The normalized spacial score (nSPS) is 27.9. The van der Waals surface area contributed by atoms with Gasteiger partial charge in [-0.05, 0) is 25.1 Å². The third-order valence-electron chi connectivity index (χ3n) is 2.68. The van der Waals surface area contributed by atoms with Crippen molar-refractivity contribution in [3.63, 3.8) is 0 Å². The van der Waals surface area contributed by atoms with Crippen molar-refractivity contribution < 1.29 is 9.53 Å². The average Bonchev–Trinajstić information content (AvgIpc) is 2.55. The van der Waals surface area contributed by atoms with E-state index in [1.165, 1.54) is 6.08 Å². The van der Waals surface area contributed by atoms with Crippen LogP contribution in [0.5, 0.6) is 0 Å². The topological polar surface area (TPSA) is 38.3 Å². The molecule has 0 radical (unpaired) electrons. The van der Waals surface area contributed by atoms with Crippen LogP contribution in [0.2, 0.25) is 10.0 Å². The monoisotopic (exact) mass is 271 g/mol. The molecule has 0 amide bonds. The Bertz CT molecular complexity index is 469. The Labute approximate surface area is 109 Å². The smallest absolute Gasteiger partial charge is 0.332 e. The van der Waals surface area contributed by atoms with E-state index < -0.39 is 11.8 Å². The lowest BCUT2D eigenvalue weighted by molar-refractivity contribution is -0.144. The number of ether oxygens (including phenoxy) is 1. The summed E-state index contributed by atoms with van der Waals surface area (Å²) in [5.74, 6) is -0.367. The first-order chi connectivity index (χ1) is 7.94. The zero-order valence-corrected chi connectivity index (χ0v) is 10.7. The summed E-state index contributed by atoms with van der Waals surface area (Å²) in [6.45, 7) is 5.32. The maximum absolute atomic E-state index is 11.7. The number of hydrogen-bond acceptors (Lipinski definition) is 3. The Kier molecular flexibility index (Phi) is 3.17. The standard InChI is InChI=1S/C12H11Cl2NO2/c1-3-12(2)11(16)17-10(15-12)7-4-8(13)6-9(14)5-7/h3-6,10,15H,1H2,2H3. The third-order valence-corrected chi connectivity index (χ3v) is 3.11. The van der Waals surface area contributed by atoms with E-state index in [1.807, 2.05) is 0 Å². The van der Waals surface area contributed by atoms with Crippen LogP contribution >= 0.6 is 23.2 Å². The number of halogens is 2. The average molecular weight is 272 g/mol. The Morgan fingerprint density at radius 1 is 1.41 bits per heavy atom. The minimum atomic E-state index is -0.876. The number of carbonyl (C=O) groups excluding carboxylic acids is 1. The maximum Gasteiger partial charge on any atom is 0.332 e. The summed E-state index contributed by atoms with van der Waals surface area (Å²) in [6.07, 6.45) is 0.961. The maximum atomic E-state index is 11.7. The van der Waals surface area contributed by atoms with Crippen LogP contribution in [-0.4, -0.2) is 11.5 Å². The highest BCUT2D eigenvalue weighted by Gasteiger charge is 2.42. The summed E-state index contributed by atoms with van der Waals surface area (Å²) in [4.78, 5) is 11.7. The van der Waals surface area contributed by atoms with Crippen molar-refractivity contribution in [1.29, 1.82) is 0 Å². The van der Waals surface area contributed by atoms with E-state index in [4.69, 9.17) is 27.9 Å². The molecular formula is C12H11Cl2NO2. The first-order valence-electron chi connectivity index (χ1n) is 5.03. The van der Waals surface area contributed by atoms with Gasteiger partial charge in [-0.25, -0.2) is 4.79 Å². The Hall–Kier alpha value is -1.03. The van der Waals surface area contributed by atoms with Crippen LogP contribution in [0.15, 0.2) is 30.9 Å². The van der Waals surface area contributed by atoms with Crippen LogP contribution in [0, 0.1) is 0 Å². The van der Waals surface area contributed by atoms with Gasteiger partial charge in [0.2, 0.25) is 0 Å². The molecule has 1 aliphatic rings. The fourth-order valence-corrected chi connectivity index (χ4v) is 2.15. The lowest BCUT2D eigenvalue weighted by Crippen LogP contribution is -2.40. The molecule has 0 spiro atoms. The van der Waals surface area contributed by atoms with E-state index >= 15 is 0 Å². The van der Waals surface area contributed by atoms with Gasteiger partial charge in [0.05, 0.1) is 0 Å². The van der Waals surface area contributed by atoms with Crippen LogP contribution in [0.4, 0.5) is 0 Å². The number of rotatable bonds is 2. The van der Waals surface area contributed by atoms with Gasteiger partial charge in [-0.15, -0.1) is 6.58 Å². The fourth-order valence-electron chi connectivity index (χ4n) is 1.61. The molecule has 0 bridgehead atoms. The van der Waals surface area contributed by atoms with Crippen molar-refractivity contribution >= 4 is 29.2 Å². The van der Waals surface area contributed by atoms with Crippen LogP contribution in [0.1, 0.15) is 18.7 Å². The molecule has 5 heteroatoms. The first kappa shape index (κ1) is 12.4. The predicted molar refractivity (Wildman–Crippen MR) is 67.0 cm³/mol. The highest BCUT2D eigenvalue weighted by molar-refractivity contribution is 6.34. The van der Waals surface area contributed by atoms with E-state index in [1.54, 1.807) is 25.1 Å². The molecule has 1 aliphatic heterocycles. The van der Waals surface area contributed by atoms with E-state index in [0.717, 1.165) is 0 Å². The molecule has 2 atom stereocenters. The van der Waals surface area contributed by atoms with Gasteiger partial charge >= 0.3 is 5.97 Å². The Morgan fingerprint density at radius 3 is 2.47 bits per heavy atom. The molecule has 1 N–H and O–H groups in total. The summed E-state index contributed by atoms with van der Waals surface area (Å²) < 4.78 is 5.23. The lowest BCUT2D eigenvalue weighted by atomic mass is 10.0. The number of benzene rings is 1. The number of nitrogens with one attached hydrogen (secondary N) is 1. The van der Waals surface area contributed by atoms with Gasteiger partial charge in [0, 0.05) is 15.6 Å². The molecule has 0 aromatic heterocycles. The van der Waals surface area contributed by atoms with Crippen molar-refractivity contribution in [3.05, 3.63) is 46.5 Å². The molecule has 2 unspecified atom stereocenters. The van der Waals surface area contributed by atoms with Crippen LogP contribution in [0.25, 0.3) is 0 Å². The minimum absolute atomic E-state index is 0.367. The van der Waals surface area contributed by atoms with Crippen LogP contribution in [0.3, 0.4) is 0 Å². The largest absolute Gasteiger partial charge is 0.441 e. The van der Waals surface area contributed by atoms with Crippen LogP contribution in [-0.2, 0) is 9.53 Å². The highest BCUT2D eigenvalue weighted by Crippen LogP contribution is 2.31. The molecule has 1 saturated heterocycles. The number of hydrogen-bond donors (Lipinski definition) is 1. The molecule has 1 aromatic rings. The summed E-state index contributed by atoms with van der Waals surface area (Å²) >= 11 is 11.8. The summed E-state index contributed by atoms with van der Waals surface area (Å²) in [5, 5.41) is 4.03. The second-order valence-electron chi connectivity index (χ2n) is 4.04. The first-order valence-corrected chi connectivity index (χ1v) is 5.78. The second-order valence-corrected chi connectivity index (χ2v) is 4.91. The quantitative estimate of drug-likeness (QED) is 0.664. The predicted octanol–water partition coefficient (Wildman–Crippen LogP) is 3.08. The summed E-state index contributed by atoms with van der Waals surface area (Å²) in [5.41, 5.74) is -0.166. The number of carbonyl (C=O) groups is 1. The summed E-state index contributed by atoms with van der Waals surface area (Å²) in [6, 6.07) is 5.02. The molecule has 2 rings (SSSR count). The highest BCUT2D eigenvalue weighted by atomic mass is 35.5. The molecule has 1 aromatic carbocycles. The second kappa shape index (κ2) is 4.33. The molecule has 0 aliphatic carbocycles. The number of esters is 1. The van der Waals surface area contributed by atoms with Crippen molar-refractivity contribution in [2.75, 3.05) is 0 Å². The molecular weight excluding hydrogens is 261 g/mol. The van der Waals surface area contributed by atoms with Gasteiger partial charge in [-0.3, -0.25) is 5.32 Å². The Morgan fingerprint density at radius 2 is 2.00 bits per heavy atom. The molecule has 0 saturated carbocycles. The van der Waals surface area contributed by atoms with Crippen molar-refractivity contribution in [1.82, 2.24) is 5.32 Å². The fraction of sp³-hybridized carbons (Fsp3) is 0.250. The van der Waals surface area contributed by atoms with Gasteiger partial charge in [-0.1, -0.05) is 29.3 Å². The molecule has 1 heterocycles. The molecule has 1 fully saturated rings. The SMILES string of the molecule is C=CC1(C)NC(c2cc(Cl)cc(Cl)c2)OC1=O. The third kappa shape index (κ3) is 2.32. The zero-order chi connectivity index (χ0) is 12.6. The Balaban J connectivity index is 2.31. The van der Waals surface area contributed by atoms with E-state index in [9.17, 15) is 4.79 Å². The van der Waals surface area contributed by atoms with Gasteiger partial charge in [0.1, 0.15) is 5.54 Å². The van der Waals surface area contributed by atoms with Crippen molar-refractivity contribution in [2.24, 2.45) is 0 Å². The van der Waals surface area contributed by atoms with Gasteiger partial charge < -0.3 is 4.74 Å². The van der Waals surface area contributed by atoms with Gasteiger partial charge in [0.15, 0.2) is 6.23 Å². The van der Waals surface area contributed by atoms with E-state index in [-0.39, 0.29) is 5.97 Å². The molecule has 3 nitrogen and oxygen atoms in total. The summed E-state index contributed by atoms with van der Waals surface area (Å²) in [7, 11) is 0. The van der Waals surface area contributed by atoms with E-state index in [0.29, 0.717) is 15.6 Å². The van der Waals surface area contributed by atoms with Crippen LogP contribution < -0.4 is 5.32 Å². The molecule has 90 valence electrons.